The third kappa shape index (κ3) is 4.30. The summed E-state index contributed by atoms with van der Waals surface area (Å²) in [5.74, 6) is -1.06. The summed E-state index contributed by atoms with van der Waals surface area (Å²) >= 11 is 0. The number of methoxy groups -OCH3 is 1. The fourth-order valence-corrected chi connectivity index (χ4v) is 3.31. The number of benzene rings is 1. The summed E-state index contributed by atoms with van der Waals surface area (Å²) < 4.78 is 42.6. The molecule has 2 aromatic heterocycles. The molecule has 0 fully saturated rings. The predicted octanol–water partition coefficient (Wildman–Crippen LogP) is 4.20. The molecule has 3 N–H and O–H groups in total. The number of halogens is 3. The first-order valence-electron chi connectivity index (χ1n) is 8.91. The van der Waals surface area contributed by atoms with E-state index in [0.29, 0.717) is 11.3 Å². The number of furan rings is 1. The van der Waals surface area contributed by atoms with Crippen molar-refractivity contribution in [3.63, 3.8) is 0 Å². The molecule has 4 rings (SSSR count). The van der Waals surface area contributed by atoms with Crippen LogP contribution in [0.15, 0.2) is 41.0 Å². The van der Waals surface area contributed by atoms with E-state index in [1.807, 2.05) is 24.3 Å². The minimum Gasteiger partial charge on any atom is -0.497 e. The van der Waals surface area contributed by atoms with Crippen LogP contribution in [0, 0.1) is 11.3 Å². The Morgan fingerprint density at radius 3 is 2.58 bits per heavy atom. The monoisotopic (exact) mass is 431 g/mol. The maximum absolute atomic E-state index is 10.6. The highest BCUT2D eigenvalue weighted by Crippen LogP contribution is 2.41. The van der Waals surface area contributed by atoms with Gasteiger partial charge in [-0.1, -0.05) is 0 Å². The molecular weight excluding hydrogens is 415 g/mol. The smallest absolute Gasteiger partial charge is 0.490 e. The van der Waals surface area contributed by atoms with Gasteiger partial charge in [0.25, 0.3) is 0 Å². The highest BCUT2D eigenvalue weighted by atomic mass is 19.4. The molecule has 0 unspecified atom stereocenters. The Balaban J connectivity index is 0.000000339. The van der Waals surface area contributed by atoms with Gasteiger partial charge in [0.15, 0.2) is 0 Å². The lowest BCUT2D eigenvalue weighted by molar-refractivity contribution is -0.192. The number of anilines is 1. The number of alkyl halides is 3. The number of carbonyl (C=O) groups is 1. The quantitative estimate of drug-likeness (QED) is 0.623. The van der Waals surface area contributed by atoms with Crippen LogP contribution in [0.5, 0.6) is 5.75 Å². The van der Waals surface area contributed by atoms with Crippen molar-refractivity contribution >= 4 is 11.8 Å². The van der Waals surface area contributed by atoms with Gasteiger partial charge in [-0.25, -0.2) is 9.78 Å². The zero-order valence-electron chi connectivity index (χ0n) is 16.2. The van der Waals surface area contributed by atoms with Crippen molar-refractivity contribution in [2.75, 3.05) is 12.8 Å². The second-order valence-electron chi connectivity index (χ2n) is 6.49. The van der Waals surface area contributed by atoms with Gasteiger partial charge < -0.3 is 20.0 Å². The number of rotatable bonds is 2. The Morgan fingerprint density at radius 1 is 1.32 bits per heavy atom. The molecule has 0 bridgehead atoms. The van der Waals surface area contributed by atoms with Crippen LogP contribution in [0.3, 0.4) is 0 Å². The lowest BCUT2D eigenvalue weighted by Gasteiger charge is -2.23. The summed E-state index contributed by atoms with van der Waals surface area (Å²) in [5.41, 5.74) is 11.2. The van der Waals surface area contributed by atoms with Gasteiger partial charge in [-0.15, -0.1) is 0 Å². The minimum absolute atomic E-state index is 0.228. The molecule has 0 aliphatic heterocycles. The van der Waals surface area contributed by atoms with Gasteiger partial charge in [-0.2, -0.15) is 18.4 Å². The van der Waals surface area contributed by atoms with Gasteiger partial charge in [0.05, 0.1) is 19.1 Å². The summed E-state index contributed by atoms with van der Waals surface area (Å²) in [6.45, 7) is 0. The first-order valence-corrected chi connectivity index (χ1v) is 8.91. The molecule has 1 aromatic carbocycles. The molecule has 2 heterocycles. The van der Waals surface area contributed by atoms with Crippen LogP contribution in [0.25, 0.3) is 22.6 Å². The second-order valence-corrected chi connectivity index (χ2v) is 6.49. The first kappa shape index (κ1) is 21.7. The van der Waals surface area contributed by atoms with E-state index in [2.05, 4.69) is 11.1 Å². The zero-order chi connectivity index (χ0) is 22.8. The zero-order valence-corrected chi connectivity index (χ0v) is 16.2. The number of nitriles is 1. The number of carboxylic acids is 1. The van der Waals surface area contributed by atoms with Crippen LogP contribution in [0.4, 0.5) is 19.0 Å². The molecule has 1 aliphatic carbocycles. The average molecular weight is 431 g/mol. The fourth-order valence-electron chi connectivity index (χ4n) is 3.31. The van der Waals surface area contributed by atoms with E-state index >= 15 is 0 Å². The van der Waals surface area contributed by atoms with Gasteiger partial charge in [0, 0.05) is 11.1 Å². The Labute approximate surface area is 174 Å². The summed E-state index contributed by atoms with van der Waals surface area (Å²) in [4.78, 5) is 13.4. The molecule has 0 radical (unpaired) electrons. The molecule has 0 amide bonds. The largest absolute Gasteiger partial charge is 0.497 e. The highest BCUT2D eigenvalue weighted by molar-refractivity contribution is 5.84. The lowest BCUT2D eigenvalue weighted by Crippen LogP contribution is -2.21. The maximum Gasteiger partial charge on any atom is 0.490 e. The van der Waals surface area contributed by atoms with E-state index in [-0.39, 0.29) is 5.82 Å². The summed E-state index contributed by atoms with van der Waals surface area (Å²) in [7, 11) is 1.66. The Hall–Kier alpha value is -4.00. The average Bonchev–Trinajstić information content (AvgIpc) is 3.26. The molecule has 0 saturated carbocycles. The number of aliphatic carboxylic acids is 1. The number of aryl methyl sites for hydroxylation is 1. The molecule has 1 aliphatic rings. The summed E-state index contributed by atoms with van der Waals surface area (Å²) in [6.07, 6.45) is -1.86. The first-order chi connectivity index (χ1) is 14.7. The number of nitrogens with zero attached hydrogens (tertiary/aromatic N) is 2. The Kier molecular flexibility index (Phi) is 5.88. The van der Waals surface area contributed by atoms with Crippen LogP contribution in [0.1, 0.15) is 16.7 Å². The van der Waals surface area contributed by atoms with Crippen molar-refractivity contribution in [1.29, 1.82) is 5.26 Å². The number of hydrogen-bond acceptors (Lipinski definition) is 6. The third-order valence-corrected chi connectivity index (χ3v) is 4.66. The van der Waals surface area contributed by atoms with Crippen molar-refractivity contribution < 1.29 is 32.2 Å². The number of pyridine rings is 1. The number of nitrogens with two attached hydrogens (primary N) is 1. The third-order valence-electron chi connectivity index (χ3n) is 4.66. The summed E-state index contributed by atoms with van der Waals surface area (Å²) in [5, 5.41) is 16.7. The molecule has 160 valence electrons. The molecule has 0 atom stereocenters. The number of nitrogen functional groups attached to an aromatic ring is 1. The fraction of sp³-hybridized carbons (Fsp3) is 0.190. The van der Waals surface area contributed by atoms with Gasteiger partial charge in [-0.3, -0.25) is 0 Å². The van der Waals surface area contributed by atoms with Crippen molar-refractivity contribution in [3.8, 4) is 34.4 Å². The topological polar surface area (TPSA) is 122 Å². The SMILES string of the molecule is COc1ccc2c(c1)CCc1c-2nc(N)c(C#N)c1-c1ccco1.O=C(O)C(F)(F)F. The molecule has 10 heteroatoms. The van der Waals surface area contributed by atoms with Gasteiger partial charge in [-0.05, 0) is 54.3 Å². The van der Waals surface area contributed by atoms with Crippen LogP contribution >= 0.6 is 0 Å². The Bertz CT molecular complexity index is 1170. The van der Waals surface area contributed by atoms with E-state index in [9.17, 15) is 18.4 Å². The van der Waals surface area contributed by atoms with E-state index in [1.165, 1.54) is 5.56 Å². The normalized spacial score (nSPS) is 12.0. The van der Waals surface area contributed by atoms with Crippen LogP contribution in [-0.4, -0.2) is 29.3 Å². The molecule has 3 aromatic rings. The van der Waals surface area contributed by atoms with Crippen LogP contribution < -0.4 is 10.5 Å². The van der Waals surface area contributed by atoms with E-state index < -0.39 is 12.1 Å². The number of hydrogen-bond donors (Lipinski definition) is 2. The molecule has 0 spiro atoms. The molecule has 31 heavy (non-hydrogen) atoms. The van der Waals surface area contributed by atoms with E-state index in [1.54, 1.807) is 19.4 Å². The van der Waals surface area contributed by atoms with Gasteiger partial charge >= 0.3 is 12.1 Å². The number of fused-ring (bicyclic) bond motifs is 3. The second kappa shape index (κ2) is 8.39. The predicted molar refractivity (Wildman–Crippen MR) is 104 cm³/mol. The highest BCUT2D eigenvalue weighted by Gasteiger charge is 2.38. The van der Waals surface area contributed by atoms with Gasteiger partial charge in [0.2, 0.25) is 0 Å². The van der Waals surface area contributed by atoms with Crippen molar-refractivity contribution in [2.45, 2.75) is 19.0 Å². The van der Waals surface area contributed by atoms with Crippen molar-refractivity contribution in [3.05, 3.63) is 53.3 Å². The molecular formula is C21H16F3N3O4. The van der Waals surface area contributed by atoms with E-state index in [0.717, 1.165) is 41.0 Å². The standard InChI is InChI=1S/C19H15N3O2.C2HF3O2/c1-23-12-5-7-13-11(9-12)4-6-14-17(16-3-2-8-24-16)15(10-20)19(21)22-18(13)14;3-2(4,5)1(6)7/h2-3,5,7-9H,4,6H2,1H3,(H2,21,22);(H,6,7). The lowest BCUT2D eigenvalue weighted by atomic mass is 9.84. The Morgan fingerprint density at radius 2 is 2.03 bits per heavy atom. The van der Waals surface area contributed by atoms with Crippen molar-refractivity contribution in [1.82, 2.24) is 4.98 Å². The molecule has 0 saturated heterocycles. The van der Waals surface area contributed by atoms with Crippen LogP contribution in [0.2, 0.25) is 0 Å². The number of ether oxygens (including phenoxy) is 1. The molecule has 7 nitrogen and oxygen atoms in total. The number of carboxylic acid groups (broad SMARTS) is 1. The van der Waals surface area contributed by atoms with Crippen molar-refractivity contribution in [2.24, 2.45) is 0 Å². The van der Waals surface area contributed by atoms with Crippen LogP contribution in [-0.2, 0) is 17.6 Å². The summed E-state index contributed by atoms with van der Waals surface area (Å²) in [6, 6.07) is 11.8. The minimum atomic E-state index is -5.08. The maximum atomic E-state index is 10.6. The van der Waals surface area contributed by atoms with Gasteiger partial charge in [0.1, 0.15) is 29.0 Å². The number of aromatic nitrogens is 1. The van der Waals surface area contributed by atoms with E-state index in [4.69, 9.17) is 24.8 Å².